The Morgan fingerprint density at radius 2 is 1.90 bits per heavy atom. The standard InChI is InChI=1S/C23H32N4O2/c1-5-12-25-22(28)20-10-7-9-19(14-20)16-27-23(24-4)26-15-18(3)29-21-11-6-8-17(2)13-21/h6-11,13-14,18H,5,12,15-16H2,1-4H3,(H,25,28)(H2,24,26,27). The van der Waals surface area contributed by atoms with Crippen LogP contribution in [0.4, 0.5) is 0 Å². The number of carbonyl (C=O) groups excluding carboxylic acids is 1. The van der Waals surface area contributed by atoms with Crippen LogP contribution in [-0.2, 0) is 6.54 Å². The van der Waals surface area contributed by atoms with Gasteiger partial charge in [0.1, 0.15) is 11.9 Å². The number of guanidine groups is 1. The molecule has 0 aliphatic heterocycles. The van der Waals surface area contributed by atoms with Crippen molar-refractivity contribution >= 4 is 11.9 Å². The zero-order valence-electron chi connectivity index (χ0n) is 17.8. The molecular weight excluding hydrogens is 364 g/mol. The highest BCUT2D eigenvalue weighted by molar-refractivity contribution is 5.94. The molecule has 1 amide bonds. The van der Waals surface area contributed by atoms with Crippen molar-refractivity contribution in [3.8, 4) is 5.75 Å². The topological polar surface area (TPSA) is 74.8 Å². The molecule has 156 valence electrons. The molecular formula is C23H32N4O2. The molecule has 0 radical (unpaired) electrons. The lowest BCUT2D eigenvalue weighted by molar-refractivity contribution is 0.0953. The summed E-state index contributed by atoms with van der Waals surface area (Å²) in [6.45, 7) is 7.96. The zero-order chi connectivity index (χ0) is 21.1. The lowest BCUT2D eigenvalue weighted by atomic mass is 10.1. The van der Waals surface area contributed by atoms with Gasteiger partial charge in [-0.05, 0) is 55.7 Å². The van der Waals surface area contributed by atoms with E-state index in [0.29, 0.717) is 31.2 Å². The number of amides is 1. The number of nitrogens with zero attached hydrogens (tertiary/aromatic N) is 1. The molecule has 3 N–H and O–H groups in total. The maximum absolute atomic E-state index is 12.1. The monoisotopic (exact) mass is 396 g/mol. The predicted octanol–water partition coefficient (Wildman–Crippen LogP) is 3.27. The number of ether oxygens (including phenoxy) is 1. The molecule has 2 aromatic rings. The van der Waals surface area contributed by atoms with Gasteiger partial charge in [-0.25, -0.2) is 0 Å². The molecule has 0 fully saturated rings. The quantitative estimate of drug-likeness (QED) is 0.449. The fraction of sp³-hybridized carbons (Fsp3) is 0.391. The van der Waals surface area contributed by atoms with Crippen LogP contribution in [0.25, 0.3) is 0 Å². The fourth-order valence-electron chi connectivity index (χ4n) is 2.77. The maximum atomic E-state index is 12.1. The van der Waals surface area contributed by atoms with Gasteiger partial charge in [0.25, 0.3) is 5.91 Å². The summed E-state index contributed by atoms with van der Waals surface area (Å²) >= 11 is 0. The summed E-state index contributed by atoms with van der Waals surface area (Å²) in [5.74, 6) is 1.50. The summed E-state index contributed by atoms with van der Waals surface area (Å²) in [6.07, 6.45) is 0.905. The summed E-state index contributed by atoms with van der Waals surface area (Å²) in [5.41, 5.74) is 2.85. The third-order valence-electron chi connectivity index (χ3n) is 4.29. The molecule has 0 saturated carbocycles. The number of hydrogen-bond acceptors (Lipinski definition) is 3. The Morgan fingerprint density at radius 1 is 1.10 bits per heavy atom. The highest BCUT2D eigenvalue weighted by Crippen LogP contribution is 2.13. The van der Waals surface area contributed by atoms with Crippen molar-refractivity contribution in [1.29, 1.82) is 0 Å². The smallest absolute Gasteiger partial charge is 0.251 e. The second-order valence-electron chi connectivity index (χ2n) is 7.01. The number of hydrogen-bond donors (Lipinski definition) is 3. The molecule has 0 bridgehead atoms. The van der Waals surface area contributed by atoms with Crippen molar-refractivity contribution in [3.05, 3.63) is 65.2 Å². The van der Waals surface area contributed by atoms with Gasteiger partial charge in [0.05, 0.1) is 6.54 Å². The minimum atomic E-state index is -0.0432. The van der Waals surface area contributed by atoms with Gasteiger partial charge in [-0.3, -0.25) is 9.79 Å². The van der Waals surface area contributed by atoms with Crippen molar-refractivity contribution in [3.63, 3.8) is 0 Å². The van der Waals surface area contributed by atoms with E-state index in [0.717, 1.165) is 17.7 Å². The molecule has 2 rings (SSSR count). The van der Waals surface area contributed by atoms with Crippen LogP contribution >= 0.6 is 0 Å². The van der Waals surface area contributed by atoms with Gasteiger partial charge < -0.3 is 20.7 Å². The van der Waals surface area contributed by atoms with E-state index < -0.39 is 0 Å². The molecule has 2 aromatic carbocycles. The average molecular weight is 397 g/mol. The zero-order valence-corrected chi connectivity index (χ0v) is 17.8. The lowest BCUT2D eigenvalue weighted by Gasteiger charge is -2.18. The third kappa shape index (κ3) is 7.86. The van der Waals surface area contributed by atoms with E-state index in [4.69, 9.17) is 4.74 Å². The Labute approximate surface area is 173 Å². The Kier molecular flexibility index (Phi) is 9.02. The second kappa shape index (κ2) is 11.7. The van der Waals surface area contributed by atoms with Crippen molar-refractivity contribution < 1.29 is 9.53 Å². The van der Waals surface area contributed by atoms with Crippen molar-refractivity contribution in [2.75, 3.05) is 20.1 Å². The van der Waals surface area contributed by atoms with E-state index in [2.05, 4.69) is 20.9 Å². The number of rotatable bonds is 9. The Bertz CT molecular complexity index is 820. The van der Waals surface area contributed by atoms with E-state index in [9.17, 15) is 4.79 Å². The molecule has 0 saturated heterocycles. The van der Waals surface area contributed by atoms with Gasteiger partial charge in [-0.1, -0.05) is 31.2 Å². The minimum absolute atomic E-state index is 0.0130. The van der Waals surface area contributed by atoms with Gasteiger partial charge in [-0.15, -0.1) is 0 Å². The Balaban J connectivity index is 1.82. The van der Waals surface area contributed by atoms with Crippen LogP contribution in [0, 0.1) is 6.92 Å². The van der Waals surface area contributed by atoms with E-state index in [1.165, 1.54) is 5.56 Å². The number of carbonyl (C=O) groups is 1. The van der Waals surface area contributed by atoms with Crippen LogP contribution in [0.15, 0.2) is 53.5 Å². The van der Waals surface area contributed by atoms with E-state index in [1.54, 1.807) is 7.05 Å². The van der Waals surface area contributed by atoms with Crippen LogP contribution in [0.5, 0.6) is 5.75 Å². The van der Waals surface area contributed by atoms with Gasteiger partial charge in [0.2, 0.25) is 0 Å². The number of aliphatic imine (C=N–C) groups is 1. The van der Waals surface area contributed by atoms with E-state index in [-0.39, 0.29) is 12.0 Å². The summed E-state index contributed by atoms with van der Waals surface area (Å²) in [6, 6.07) is 15.6. The van der Waals surface area contributed by atoms with Gasteiger partial charge >= 0.3 is 0 Å². The molecule has 0 aliphatic rings. The normalized spacial score (nSPS) is 12.2. The second-order valence-corrected chi connectivity index (χ2v) is 7.01. The lowest BCUT2D eigenvalue weighted by Crippen LogP contribution is -2.41. The summed E-state index contributed by atoms with van der Waals surface area (Å²) in [4.78, 5) is 16.4. The highest BCUT2D eigenvalue weighted by Gasteiger charge is 2.08. The first-order valence-electron chi connectivity index (χ1n) is 10.1. The fourth-order valence-corrected chi connectivity index (χ4v) is 2.77. The van der Waals surface area contributed by atoms with Crippen LogP contribution < -0.4 is 20.7 Å². The van der Waals surface area contributed by atoms with Crippen LogP contribution in [-0.4, -0.2) is 38.1 Å². The molecule has 1 atom stereocenters. The largest absolute Gasteiger partial charge is 0.489 e. The third-order valence-corrected chi connectivity index (χ3v) is 4.29. The molecule has 0 aliphatic carbocycles. The molecule has 6 heteroatoms. The van der Waals surface area contributed by atoms with Gasteiger partial charge in [0.15, 0.2) is 5.96 Å². The number of benzene rings is 2. The first kappa shape index (κ1) is 22.3. The minimum Gasteiger partial charge on any atom is -0.489 e. The van der Waals surface area contributed by atoms with Gasteiger partial charge in [-0.2, -0.15) is 0 Å². The van der Waals surface area contributed by atoms with Crippen molar-refractivity contribution in [2.24, 2.45) is 4.99 Å². The molecule has 0 spiro atoms. The Morgan fingerprint density at radius 3 is 2.62 bits per heavy atom. The van der Waals surface area contributed by atoms with Crippen molar-refractivity contribution in [2.45, 2.75) is 39.8 Å². The summed E-state index contributed by atoms with van der Waals surface area (Å²) < 4.78 is 5.94. The summed E-state index contributed by atoms with van der Waals surface area (Å²) in [5, 5.41) is 9.45. The Hall–Kier alpha value is -3.02. The average Bonchev–Trinajstić information content (AvgIpc) is 2.72. The maximum Gasteiger partial charge on any atom is 0.251 e. The molecule has 1 unspecified atom stereocenters. The summed E-state index contributed by atoms with van der Waals surface area (Å²) in [7, 11) is 1.73. The number of nitrogens with one attached hydrogen (secondary N) is 3. The molecule has 6 nitrogen and oxygen atoms in total. The number of aryl methyl sites for hydroxylation is 1. The van der Waals surface area contributed by atoms with Crippen LogP contribution in [0.3, 0.4) is 0 Å². The first-order chi connectivity index (χ1) is 14.0. The van der Waals surface area contributed by atoms with E-state index >= 15 is 0 Å². The SMILES string of the molecule is CCCNC(=O)c1cccc(CNC(=NC)NCC(C)Oc2cccc(C)c2)c1. The van der Waals surface area contributed by atoms with E-state index in [1.807, 2.05) is 69.3 Å². The van der Waals surface area contributed by atoms with Crippen LogP contribution in [0.1, 0.15) is 41.8 Å². The predicted molar refractivity (Wildman–Crippen MR) is 119 cm³/mol. The van der Waals surface area contributed by atoms with Crippen molar-refractivity contribution in [1.82, 2.24) is 16.0 Å². The van der Waals surface area contributed by atoms with Crippen LogP contribution in [0.2, 0.25) is 0 Å². The first-order valence-corrected chi connectivity index (χ1v) is 10.1. The van der Waals surface area contributed by atoms with Gasteiger partial charge in [0, 0.05) is 25.7 Å². The molecule has 29 heavy (non-hydrogen) atoms. The molecule has 0 aromatic heterocycles. The highest BCUT2D eigenvalue weighted by atomic mass is 16.5. The molecule has 0 heterocycles.